The smallest absolute Gasteiger partial charge is 0.462 e. The van der Waals surface area contributed by atoms with Crippen LogP contribution in [0.1, 0.15) is 155 Å². The van der Waals surface area contributed by atoms with Crippen LogP contribution in [0.15, 0.2) is 48.6 Å². The monoisotopic (exact) mass is 698 g/mol. The standard InChI is InChI=1S/C38H67O9P/c1-3-5-7-8-9-10-11-14-18-21-24-28-32-38(41)47-36(34-46-48(42,43)44)33-45-37(40)31-27-23-20-17-15-12-13-16-19-22-26-30-35(39)29-25-6-4-2/h12-13,17,19-20,22,26,30,35-36,39H,3-11,14-16,18,21,23-25,27-29,31-34H2,1-2H3,(H2,42,43,44)/b13-12-,20-17-,22-19-,30-26+/t35-,36-/m1/s1. The number of carbonyl (C=O) groups excluding carboxylic acids is 2. The molecule has 0 aliphatic heterocycles. The highest BCUT2D eigenvalue weighted by atomic mass is 31.2. The van der Waals surface area contributed by atoms with E-state index in [1.807, 2.05) is 36.5 Å². The molecule has 0 bridgehead atoms. The first-order valence-corrected chi connectivity index (χ1v) is 20.1. The zero-order chi connectivity index (χ0) is 35.6. The molecule has 0 heterocycles. The average molecular weight is 699 g/mol. The molecule has 0 aliphatic carbocycles. The van der Waals surface area contributed by atoms with Gasteiger partial charge in [-0.2, -0.15) is 0 Å². The van der Waals surface area contributed by atoms with E-state index in [4.69, 9.17) is 19.3 Å². The van der Waals surface area contributed by atoms with Gasteiger partial charge < -0.3 is 24.4 Å². The normalized spacial score (nSPS) is 13.7. The molecule has 0 aromatic rings. The molecule has 0 fully saturated rings. The van der Waals surface area contributed by atoms with Crippen LogP contribution in [0.4, 0.5) is 0 Å². The summed E-state index contributed by atoms with van der Waals surface area (Å²) in [6.45, 7) is 3.49. The minimum Gasteiger partial charge on any atom is -0.462 e. The first kappa shape index (κ1) is 46.0. The topological polar surface area (TPSA) is 140 Å². The Morgan fingerprint density at radius 3 is 1.81 bits per heavy atom. The molecule has 3 N–H and O–H groups in total. The van der Waals surface area contributed by atoms with Crippen molar-refractivity contribution in [2.45, 2.75) is 167 Å². The molecule has 0 unspecified atom stereocenters. The number of unbranched alkanes of at least 4 members (excludes halogenated alkanes) is 14. The highest BCUT2D eigenvalue weighted by Crippen LogP contribution is 2.36. The summed E-state index contributed by atoms with van der Waals surface area (Å²) in [5, 5.41) is 9.85. The number of aliphatic hydroxyl groups excluding tert-OH is 1. The van der Waals surface area contributed by atoms with Crippen LogP contribution < -0.4 is 0 Å². The lowest BCUT2D eigenvalue weighted by Gasteiger charge is -2.18. The molecular formula is C38H67O9P. The Hall–Kier alpha value is -2.03. The van der Waals surface area contributed by atoms with Gasteiger partial charge in [0.05, 0.1) is 12.7 Å². The Labute approximate surface area is 291 Å². The maximum atomic E-state index is 12.3. The lowest BCUT2D eigenvalue weighted by molar-refractivity contribution is -0.161. The molecule has 0 saturated carbocycles. The van der Waals surface area contributed by atoms with Crippen LogP contribution in [-0.4, -0.2) is 52.3 Å². The van der Waals surface area contributed by atoms with Gasteiger partial charge >= 0.3 is 19.8 Å². The summed E-state index contributed by atoms with van der Waals surface area (Å²) in [5.74, 6) is -0.978. The molecule has 9 nitrogen and oxygen atoms in total. The molecular weight excluding hydrogens is 631 g/mol. The number of phosphoric ester groups is 1. The fourth-order valence-corrected chi connectivity index (χ4v) is 5.25. The number of hydrogen-bond donors (Lipinski definition) is 3. The fraction of sp³-hybridized carbons (Fsp3) is 0.737. The van der Waals surface area contributed by atoms with E-state index in [1.165, 1.54) is 51.4 Å². The third-order valence-electron chi connectivity index (χ3n) is 7.70. The van der Waals surface area contributed by atoms with Gasteiger partial charge in [0.2, 0.25) is 0 Å². The Morgan fingerprint density at radius 1 is 0.646 bits per heavy atom. The van der Waals surface area contributed by atoms with Crippen molar-refractivity contribution in [2.75, 3.05) is 13.2 Å². The van der Waals surface area contributed by atoms with Crippen molar-refractivity contribution >= 4 is 19.8 Å². The molecule has 2 atom stereocenters. The van der Waals surface area contributed by atoms with Crippen LogP contribution in [0, 0.1) is 0 Å². The number of allylic oxidation sites excluding steroid dienone is 7. The molecule has 0 aliphatic rings. The van der Waals surface area contributed by atoms with Crippen molar-refractivity contribution in [3.8, 4) is 0 Å². The van der Waals surface area contributed by atoms with Crippen molar-refractivity contribution in [3.63, 3.8) is 0 Å². The number of carbonyl (C=O) groups is 2. The lowest BCUT2D eigenvalue weighted by atomic mass is 10.0. The number of ether oxygens (including phenoxy) is 2. The van der Waals surface area contributed by atoms with Gasteiger partial charge in [0.15, 0.2) is 6.10 Å². The van der Waals surface area contributed by atoms with E-state index in [0.717, 1.165) is 57.8 Å². The highest BCUT2D eigenvalue weighted by Gasteiger charge is 2.22. The third-order valence-corrected chi connectivity index (χ3v) is 8.19. The summed E-state index contributed by atoms with van der Waals surface area (Å²) in [4.78, 5) is 42.6. The zero-order valence-electron chi connectivity index (χ0n) is 30.0. The number of rotatable bonds is 33. The van der Waals surface area contributed by atoms with E-state index in [9.17, 15) is 19.3 Å². The van der Waals surface area contributed by atoms with Gasteiger partial charge in [-0.05, 0) is 38.5 Å². The third kappa shape index (κ3) is 35.3. The second-order valence-electron chi connectivity index (χ2n) is 12.4. The van der Waals surface area contributed by atoms with Crippen molar-refractivity contribution in [1.29, 1.82) is 0 Å². The summed E-state index contributed by atoms with van der Waals surface area (Å²) < 4.78 is 26.2. The zero-order valence-corrected chi connectivity index (χ0v) is 30.9. The van der Waals surface area contributed by atoms with Crippen molar-refractivity contribution in [3.05, 3.63) is 48.6 Å². The van der Waals surface area contributed by atoms with Gasteiger partial charge in [-0.3, -0.25) is 14.1 Å². The largest absolute Gasteiger partial charge is 0.469 e. The molecule has 278 valence electrons. The molecule has 0 spiro atoms. The molecule has 10 heteroatoms. The minimum absolute atomic E-state index is 0.171. The van der Waals surface area contributed by atoms with E-state index in [2.05, 4.69) is 30.5 Å². The number of esters is 2. The van der Waals surface area contributed by atoms with Gasteiger partial charge in [0.25, 0.3) is 0 Å². The quantitative estimate of drug-likeness (QED) is 0.0201. The minimum atomic E-state index is -4.77. The summed E-state index contributed by atoms with van der Waals surface area (Å²) in [6, 6.07) is 0. The molecule has 0 aromatic heterocycles. The average Bonchev–Trinajstić information content (AvgIpc) is 3.04. The number of phosphoric acid groups is 1. The van der Waals surface area contributed by atoms with Gasteiger partial charge in [-0.1, -0.05) is 152 Å². The van der Waals surface area contributed by atoms with E-state index >= 15 is 0 Å². The molecule has 0 amide bonds. The second kappa shape index (κ2) is 33.5. The Kier molecular flexibility index (Phi) is 32.1. The highest BCUT2D eigenvalue weighted by molar-refractivity contribution is 7.46. The molecule has 0 radical (unpaired) electrons. The SMILES string of the molecule is CCCCCCCCCCCCCCC(=O)O[C@H](COC(=O)CCC/C=C\C/C=C\C/C=C\C=C\[C@H](O)CCCCC)COP(=O)(O)O. The number of hydrogen-bond acceptors (Lipinski definition) is 7. The van der Waals surface area contributed by atoms with Crippen LogP contribution in [0.25, 0.3) is 0 Å². The van der Waals surface area contributed by atoms with Crippen LogP contribution >= 0.6 is 7.82 Å². The Bertz CT molecular complexity index is 938. The summed E-state index contributed by atoms with van der Waals surface area (Å²) in [7, 11) is -4.77. The predicted octanol–water partition coefficient (Wildman–Crippen LogP) is 9.76. The molecule has 0 rings (SSSR count). The van der Waals surface area contributed by atoms with E-state index in [1.54, 1.807) is 0 Å². The van der Waals surface area contributed by atoms with Crippen LogP contribution in [-0.2, 0) is 28.2 Å². The van der Waals surface area contributed by atoms with Gasteiger partial charge in [0, 0.05) is 12.8 Å². The summed E-state index contributed by atoms with van der Waals surface area (Å²) in [6.07, 6.45) is 35.9. The maximum Gasteiger partial charge on any atom is 0.469 e. The van der Waals surface area contributed by atoms with E-state index in [0.29, 0.717) is 19.3 Å². The Morgan fingerprint density at radius 2 is 1.19 bits per heavy atom. The van der Waals surface area contributed by atoms with Crippen LogP contribution in [0.5, 0.6) is 0 Å². The molecule has 48 heavy (non-hydrogen) atoms. The molecule has 0 saturated heterocycles. The second-order valence-corrected chi connectivity index (χ2v) is 13.6. The van der Waals surface area contributed by atoms with Crippen molar-refractivity contribution in [1.82, 2.24) is 0 Å². The van der Waals surface area contributed by atoms with Crippen molar-refractivity contribution in [2.24, 2.45) is 0 Å². The number of aliphatic hydroxyl groups is 1. The van der Waals surface area contributed by atoms with E-state index in [-0.39, 0.29) is 25.6 Å². The van der Waals surface area contributed by atoms with Crippen LogP contribution in [0.3, 0.4) is 0 Å². The van der Waals surface area contributed by atoms with Gasteiger partial charge in [-0.15, -0.1) is 0 Å². The fourth-order valence-electron chi connectivity index (χ4n) is 4.89. The van der Waals surface area contributed by atoms with Gasteiger partial charge in [0.1, 0.15) is 6.61 Å². The first-order chi connectivity index (χ1) is 23.2. The van der Waals surface area contributed by atoms with E-state index < -0.39 is 32.5 Å². The summed E-state index contributed by atoms with van der Waals surface area (Å²) >= 11 is 0. The summed E-state index contributed by atoms with van der Waals surface area (Å²) in [5.41, 5.74) is 0. The lowest BCUT2D eigenvalue weighted by Crippen LogP contribution is -2.29. The van der Waals surface area contributed by atoms with Gasteiger partial charge in [-0.25, -0.2) is 4.57 Å². The molecule has 0 aromatic carbocycles. The first-order valence-electron chi connectivity index (χ1n) is 18.5. The maximum absolute atomic E-state index is 12.3. The Balaban J connectivity index is 4.12. The van der Waals surface area contributed by atoms with Crippen molar-refractivity contribution < 1.29 is 43.0 Å². The van der Waals surface area contributed by atoms with Crippen LogP contribution in [0.2, 0.25) is 0 Å². The predicted molar refractivity (Wildman–Crippen MR) is 194 cm³/mol.